The number of hydrogen-bond donors (Lipinski definition) is 2. The molecule has 0 radical (unpaired) electrons. The molecule has 0 spiro atoms. The standard InChI is InChI=1S/C18H26N6/c1-6-19-7-2-15(1)13-23-9-4-17(5-10-23)20-11-16-12-21-18-3-8-22-24(18)14-16/h1-3,6-8,16-17,20-21H,4-5,9-14H2. The minimum absolute atomic E-state index is 0.618. The second-order valence-corrected chi connectivity index (χ2v) is 6.96. The van der Waals surface area contributed by atoms with Crippen LogP contribution in [0.15, 0.2) is 36.8 Å². The highest BCUT2D eigenvalue weighted by Gasteiger charge is 2.22. The summed E-state index contributed by atoms with van der Waals surface area (Å²) in [6.07, 6.45) is 8.10. The van der Waals surface area contributed by atoms with Crippen LogP contribution in [0, 0.1) is 5.92 Å². The molecule has 2 N–H and O–H groups in total. The Morgan fingerprint density at radius 1 is 1.12 bits per heavy atom. The lowest BCUT2D eigenvalue weighted by molar-refractivity contribution is 0.186. The van der Waals surface area contributed by atoms with Crippen molar-refractivity contribution in [2.24, 2.45) is 5.92 Å². The van der Waals surface area contributed by atoms with Crippen molar-refractivity contribution in [2.45, 2.75) is 32.0 Å². The third kappa shape index (κ3) is 3.76. The van der Waals surface area contributed by atoms with E-state index < -0.39 is 0 Å². The first-order chi connectivity index (χ1) is 11.9. The molecular formula is C18H26N6. The minimum atomic E-state index is 0.618. The third-order valence-electron chi connectivity index (χ3n) is 5.16. The molecule has 2 aromatic rings. The van der Waals surface area contributed by atoms with Gasteiger partial charge in [-0.25, -0.2) is 4.68 Å². The van der Waals surface area contributed by atoms with Crippen LogP contribution in [0.3, 0.4) is 0 Å². The zero-order valence-corrected chi connectivity index (χ0v) is 14.1. The molecule has 0 saturated carbocycles. The van der Waals surface area contributed by atoms with Crippen molar-refractivity contribution < 1.29 is 0 Å². The second kappa shape index (κ2) is 7.32. The zero-order chi connectivity index (χ0) is 16.2. The van der Waals surface area contributed by atoms with Gasteiger partial charge in [0.15, 0.2) is 0 Å². The number of aromatic nitrogens is 3. The molecule has 0 bridgehead atoms. The maximum atomic E-state index is 4.37. The Bertz CT molecular complexity index is 632. The van der Waals surface area contributed by atoms with Crippen LogP contribution in [0.2, 0.25) is 0 Å². The molecule has 6 heteroatoms. The molecule has 1 unspecified atom stereocenters. The lowest BCUT2D eigenvalue weighted by Crippen LogP contribution is -2.45. The SMILES string of the molecule is c1cc(CN2CCC(NCC3CNc4ccnn4C3)CC2)ccn1. The summed E-state index contributed by atoms with van der Waals surface area (Å²) in [6.45, 7) is 6.52. The molecule has 4 heterocycles. The lowest BCUT2D eigenvalue weighted by Gasteiger charge is -2.34. The topological polar surface area (TPSA) is 58.0 Å². The highest BCUT2D eigenvalue weighted by molar-refractivity contribution is 5.35. The van der Waals surface area contributed by atoms with Gasteiger partial charge in [-0.15, -0.1) is 0 Å². The van der Waals surface area contributed by atoms with Crippen LogP contribution in [0.4, 0.5) is 5.82 Å². The molecule has 1 fully saturated rings. The summed E-state index contributed by atoms with van der Waals surface area (Å²) in [5, 5.41) is 11.6. The largest absolute Gasteiger partial charge is 0.370 e. The van der Waals surface area contributed by atoms with E-state index in [1.165, 1.54) is 31.5 Å². The first kappa shape index (κ1) is 15.6. The van der Waals surface area contributed by atoms with Gasteiger partial charge in [0.05, 0.1) is 6.20 Å². The van der Waals surface area contributed by atoms with E-state index in [1.54, 1.807) is 0 Å². The summed E-state index contributed by atoms with van der Waals surface area (Å²) in [4.78, 5) is 6.64. The highest BCUT2D eigenvalue weighted by atomic mass is 15.3. The maximum Gasteiger partial charge on any atom is 0.124 e. The fourth-order valence-corrected chi connectivity index (χ4v) is 3.70. The number of hydrogen-bond acceptors (Lipinski definition) is 5. The van der Waals surface area contributed by atoms with Crippen molar-refractivity contribution in [1.29, 1.82) is 0 Å². The second-order valence-electron chi connectivity index (χ2n) is 6.96. The van der Waals surface area contributed by atoms with Crippen LogP contribution in [-0.2, 0) is 13.1 Å². The summed E-state index contributed by atoms with van der Waals surface area (Å²) < 4.78 is 2.08. The molecule has 0 aromatic carbocycles. The van der Waals surface area contributed by atoms with E-state index in [9.17, 15) is 0 Å². The molecule has 0 amide bonds. The smallest absolute Gasteiger partial charge is 0.124 e. The van der Waals surface area contributed by atoms with E-state index >= 15 is 0 Å². The Morgan fingerprint density at radius 2 is 1.96 bits per heavy atom. The molecule has 6 nitrogen and oxygen atoms in total. The summed E-state index contributed by atoms with van der Waals surface area (Å²) in [5.41, 5.74) is 1.36. The zero-order valence-electron chi connectivity index (χ0n) is 14.1. The van der Waals surface area contributed by atoms with Crippen molar-refractivity contribution in [2.75, 3.05) is 31.5 Å². The van der Waals surface area contributed by atoms with Gasteiger partial charge >= 0.3 is 0 Å². The van der Waals surface area contributed by atoms with Crippen LogP contribution in [-0.4, -0.2) is 51.9 Å². The van der Waals surface area contributed by atoms with E-state index in [0.717, 1.165) is 32.0 Å². The number of likely N-dealkylation sites (tertiary alicyclic amines) is 1. The molecule has 128 valence electrons. The fourth-order valence-electron chi connectivity index (χ4n) is 3.70. The van der Waals surface area contributed by atoms with E-state index in [0.29, 0.717) is 12.0 Å². The Morgan fingerprint density at radius 3 is 2.79 bits per heavy atom. The quantitative estimate of drug-likeness (QED) is 0.873. The predicted molar refractivity (Wildman–Crippen MR) is 94.7 cm³/mol. The number of piperidine rings is 1. The monoisotopic (exact) mass is 326 g/mol. The van der Waals surface area contributed by atoms with Crippen LogP contribution in [0.5, 0.6) is 0 Å². The molecule has 24 heavy (non-hydrogen) atoms. The Kier molecular flexibility index (Phi) is 4.76. The third-order valence-corrected chi connectivity index (χ3v) is 5.16. The summed E-state index contributed by atoms with van der Waals surface area (Å²) in [5.74, 6) is 1.77. The summed E-state index contributed by atoms with van der Waals surface area (Å²) in [6, 6.07) is 6.92. The van der Waals surface area contributed by atoms with Gasteiger partial charge in [0.1, 0.15) is 5.82 Å². The summed E-state index contributed by atoms with van der Waals surface area (Å²) in [7, 11) is 0. The van der Waals surface area contributed by atoms with Crippen LogP contribution < -0.4 is 10.6 Å². The van der Waals surface area contributed by atoms with Gasteiger partial charge in [-0.1, -0.05) is 0 Å². The molecular weight excluding hydrogens is 300 g/mol. The van der Waals surface area contributed by atoms with Crippen molar-refractivity contribution in [1.82, 2.24) is 25.0 Å². The number of nitrogens with one attached hydrogen (secondary N) is 2. The average Bonchev–Trinajstić information content (AvgIpc) is 3.10. The molecule has 2 aromatic heterocycles. The van der Waals surface area contributed by atoms with Gasteiger partial charge in [0, 0.05) is 56.6 Å². The van der Waals surface area contributed by atoms with Crippen molar-refractivity contribution in [3.8, 4) is 0 Å². The molecule has 2 aliphatic rings. The van der Waals surface area contributed by atoms with E-state index in [-0.39, 0.29) is 0 Å². The van der Waals surface area contributed by atoms with Gasteiger partial charge < -0.3 is 10.6 Å². The van der Waals surface area contributed by atoms with Gasteiger partial charge in [-0.05, 0) is 43.6 Å². The average molecular weight is 326 g/mol. The van der Waals surface area contributed by atoms with Gasteiger partial charge in [0.25, 0.3) is 0 Å². The van der Waals surface area contributed by atoms with E-state index in [2.05, 4.69) is 42.4 Å². The maximum absolute atomic E-state index is 4.37. The Balaban J connectivity index is 1.19. The van der Waals surface area contributed by atoms with Crippen LogP contribution in [0.25, 0.3) is 0 Å². The van der Waals surface area contributed by atoms with Gasteiger partial charge in [0.2, 0.25) is 0 Å². The normalized spacial score (nSPS) is 22.1. The first-order valence-corrected chi connectivity index (χ1v) is 8.97. The highest BCUT2D eigenvalue weighted by Crippen LogP contribution is 2.17. The number of rotatable bonds is 5. The van der Waals surface area contributed by atoms with E-state index in [4.69, 9.17) is 0 Å². The molecule has 1 saturated heterocycles. The van der Waals surface area contributed by atoms with Gasteiger partial charge in [-0.3, -0.25) is 9.88 Å². The van der Waals surface area contributed by atoms with Crippen molar-refractivity contribution in [3.05, 3.63) is 42.4 Å². The lowest BCUT2D eigenvalue weighted by atomic mass is 10.0. The molecule has 4 rings (SSSR count). The van der Waals surface area contributed by atoms with Crippen molar-refractivity contribution >= 4 is 5.82 Å². The minimum Gasteiger partial charge on any atom is -0.370 e. The fraction of sp³-hybridized carbons (Fsp3) is 0.556. The summed E-state index contributed by atoms with van der Waals surface area (Å²) >= 11 is 0. The number of pyridine rings is 1. The first-order valence-electron chi connectivity index (χ1n) is 8.97. The van der Waals surface area contributed by atoms with Crippen molar-refractivity contribution in [3.63, 3.8) is 0 Å². The van der Waals surface area contributed by atoms with Crippen LogP contribution in [0.1, 0.15) is 18.4 Å². The Hall–Kier alpha value is -1.92. The van der Waals surface area contributed by atoms with E-state index in [1.807, 2.05) is 24.7 Å². The number of anilines is 1. The Labute approximate surface area is 143 Å². The van der Waals surface area contributed by atoms with Crippen LogP contribution >= 0.6 is 0 Å². The molecule has 0 aliphatic carbocycles. The number of nitrogens with zero attached hydrogens (tertiary/aromatic N) is 4. The molecule has 2 aliphatic heterocycles. The molecule has 1 atom stereocenters. The van der Waals surface area contributed by atoms with Gasteiger partial charge in [-0.2, -0.15) is 5.10 Å². The predicted octanol–water partition coefficient (Wildman–Crippen LogP) is 1.57. The number of fused-ring (bicyclic) bond motifs is 1.